The molecule has 1 aliphatic heterocycles. The third-order valence-electron chi connectivity index (χ3n) is 6.83. The first kappa shape index (κ1) is 15.9. The van der Waals surface area contributed by atoms with Gasteiger partial charge in [0.1, 0.15) is 0 Å². The highest BCUT2D eigenvalue weighted by atomic mass is 16.5. The quantitative estimate of drug-likeness (QED) is 0.602. The minimum Gasteiger partial charge on any atom is -0.493 e. The van der Waals surface area contributed by atoms with Crippen molar-refractivity contribution in [2.75, 3.05) is 20.8 Å². The highest BCUT2D eigenvalue weighted by molar-refractivity contribution is 6.06. The highest BCUT2D eigenvalue weighted by Gasteiger charge is 2.66. The third kappa shape index (κ3) is 2.09. The number of carbonyl (C=O) groups excluding carboxylic acids is 2. The average Bonchev–Trinajstić information content (AvgIpc) is 3.45. The molecule has 1 aromatic carbocycles. The zero-order valence-electron chi connectivity index (χ0n) is 15.1. The average molecular weight is 353 g/mol. The third-order valence-corrected chi connectivity index (χ3v) is 6.83. The number of nitrogens with zero attached hydrogens (tertiary/aromatic N) is 1. The molecule has 0 N–H and O–H groups in total. The highest BCUT2D eigenvalue weighted by Crippen LogP contribution is 2.65. The molecule has 5 nitrogen and oxygen atoms in total. The molecule has 3 fully saturated rings. The van der Waals surface area contributed by atoms with E-state index in [0.29, 0.717) is 36.3 Å². The molecule has 0 spiro atoms. The number of rotatable bonds is 5. The molecule has 0 unspecified atom stereocenters. The van der Waals surface area contributed by atoms with Crippen molar-refractivity contribution < 1.29 is 19.1 Å². The Morgan fingerprint density at radius 1 is 0.962 bits per heavy atom. The summed E-state index contributed by atoms with van der Waals surface area (Å²) in [6, 6.07) is 5.73. The van der Waals surface area contributed by atoms with Gasteiger partial charge in [0.25, 0.3) is 0 Å². The first-order chi connectivity index (χ1) is 12.6. The lowest BCUT2D eigenvalue weighted by atomic mass is 9.63. The number of carbonyl (C=O) groups is 2. The van der Waals surface area contributed by atoms with Gasteiger partial charge in [0, 0.05) is 6.54 Å². The van der Waals surface area contributed by atoms with Crippen molar-refractivity contribution in [3.8, 4) is 11.5 Å². The van der Waals surface area contributed by atoms with Crippen LogP contribution in [0.5, 0.6) is 11.5 Å². The molecule has 0 aromatic heterocycles. The fraction of sp³-hybridized carbons (Fsp3) is 0.524. The van der Waals surface area contributed by atoms with Crippen LogP contribution in [-0.2, 0) is 16.0 Å². The van der Waals surface area contributed by atoms with E-state index in [9.17, 15) is 9.59 Å². The molecular formula is C21H23NO4. The second-order valence-corrected chi connectivity index (χ2v) is 7.92. The smallest absolute Gasteiger partial charge is 0.233 e. The van der Waals surface area contributed by atoms with Crippen LogP contribution < -0.4 is 9.47 Å². The van der Waals surface area contributed by atoms with Gasteiger partial charge in [-0.25, -0.2) is 0 Å². The molecule has 4 aliphatic carbocycles. The van der Waals surface area contributed by atoms with Crippen LogP contribution in [0.1, 0.15) is 12.0 Å². The monoisotopic (exact) mass is 353 g/mol. The summed E-state index contributed by atoms with van der Waals surface area (Å²) in [5.41, 5.74) is 1.03. The molecule has 1 aromatic rings. The van der Waals surface area contributed by atoms with Crippen molar-refractivity contribution >= 4 is 11.8 Å². The van der Waals surface area contributed by atoms with E-state index in [0.717, 1.165) is 5.56 Å². The van der Waals surface area contributed by atoms with Gasteiger partial charge in [-0.05, 0) is 54.2 Å². The number of benzene rings is 1. The number of allylic oxidation sites excluding steroid dienone is 2. The Bertz CT molecular complexity index is 780. The van der Waals surface area contributed by atoms with Gasteiger partial charge in [0.2, 0.25) is 11.8 Å². The Kier molecular flexibility index (Phi) is 3.43. The maximum Gasteiger partial charge on any atom is 0.233 e. The van der Waals surface area contributed by atoms with E-state index in [2.05, 4.69) is 12.2 Å². The lowest BCUT2D eigenvalue weighted by Crippen LogP contribution is -2.40. The minimum atomic E-state index is -0.105. The fourth-order valence-corrected chi connectivity index (χ4v) is 5.52. The molecule has 0 radical (unpaired) electrons. The van der Waals surface area contributed by atoms with E-state index in [1.54, 1.807) is 14.2 Å². The first-order valence-corrected chi connectivity index (χ1v) is 9.38. The normalized spacial score (nSPS) is 36.2. The largest absolute Gasteiger partial charge is 0.493 e. The van der Waals surface area contributed by atoms with Crippen LogP contribution in [0, 0.1) is 35.5 Å². The van der Waals surface area contributed by atoms with Gasteiger partial charge in [-0.2, -0.15) is 0 Å². The lowest BCUT2D eigenvalue weighted by Gasteiger charge is -2.37. The van der Waals surface area contributed by atoms with E-state index in [4.69, 9.17) is 9.47 Å². The Hall–Kier alpha value is -2.30. The summed E-state index contributed by atoms with van der Waals surface area (Å²) >= 11 is 0. The molecule has 5 aliphatic rings. The predicted molar refractivity (Wildman–Crippen MR) is 94.7 cm³/mol. The van der Waals surface area contributed by atoms with Crippen molar-refractivity contribution in [2.45, 2.75) is 12.8 Å². The molecule has 1 heterocycles. The van der Waals surface area contributed by atoms with E-state index in [1.165, 1.54) is 11.3 Å². The maximum atomic E-state index is 13.0. The Balaban J connectivity index is 1.33. The van der Waals surface area contributed by atoms with Gasteiger partial charge < -0.3 is 9.47 Å². The Labute approximate surface area is 153 Å². The van der Waals surface area contributed by atoms with Crippen LogP contribution in [0.3, 0.4) is 0 Å². The van der Waals surface area contributed by atoms with Gasteiger partial charge in [0.05, 0.1) is 26.1 Å². The summed E-state index contributed by atoms with van der Waals surface area (Å²) < 4.78 is 10.6. The van der Waals surface area contributed by atoms with Gasteiger partial charge in [0.15, 0.2) is 11.5 Å². The summed E-state index contributed by atoms with van der Waals surface area (Å²) in [4.78, 5) is 27.5. The van der Waals surface area contributed by atoms with E-state index < -0.39 is 0 Å². The van der Waals surface area contributed by atoms with Crippen LogP contribution in [0.4, 0.5) is 0 Å². The maximum absolute atomic E-state index is 13.0. The number of amides is 2. The molecule has 136 valence electrons. The zero-order valence-corrected chi connectivity index (χ0v) is 15.1. The second kappa shape index (κ2) is 5.60. The van der Waals surface area contributed by atoms with Crippen LogP contribution in [0.2, 0.25) is 0 Å². The van der Waals surface area contributed by atoms with Gasteiger partial charge >= 0.3 is 0 Å². The van der Waals surface area contributed by atoms with Crippen molar-refractivity contribution in [3.63, 3.8) is 0 Å². The van der Waals surface area contributed by atoms with Gasteiger partial charge in [-0.15, -0.1) is 0 Å². The number of methoxy groups -OCH3 is 2. The van der Waals surface area contributed by atoms with Gasteiger partial charge in [-0.3, -0.25) is 14.5 Å². The predicted octanol–water partition coefficient (Wildman–Crippen LogP) is 2.30. The van der Waals surface area contributed by atoms with Crippen molar-refractivity contribution in [1.29, 1.82) is 0 Å². The molecule has 2 bridgehead atoms. The van der Waals surface area contributed by atoms with Gasteiger partial charge in [-0.1, -0.05) is 18.2 Å². The number of likely N-dealkylation sites (tertiary alicyclic amines) is 1. The summed E-state index contributed by atoms with van der Waals surface area (Å²) in [5.74, 6) is 3.10. The van der Waals surface area contributed by atoms with Crippen molar-refractivity contribution in [2.24, 2.45) is 35.5 Å². The molecule has 5 heteroatoms. The van der Waals surface area contributed by atoms with E-state index in [1.807, 2.05) is 18.2 Å². The lowest BCUT2D eigenvalue weighted by molar-refractivity contribution is -0.140. The number of imide groups is 1. The van der Waals surface area contributed by atoms with Crippen LogP contribution >= 0.6 is 0 Å². The number of hydrogen-bond donors (Lipinski definition) is 0. The minimum absolute atomic E-state index is 0.0465. The molecule has 6 rings (SSSR count). The molecule has 2 amide bonds. The van der Waals surface area contributed by atoms with Crippen LogP contribution in [-0.4, -0.2) is 37.5 Å². The standard InChI is InChI=1S/C21H23NO4/c1-25-16-6-3-11(9-17(16)26-2)7-8-22-20(23)18-12-4-5-13(15-10-14(12)15)19(18)21(22)24/h3-6,9,12-15,18-19H,7-8,10H2,1-2H3/t12-,13-,14-,15+,18+,19-/m1/s1. The topological polar surface area (TPSA) is 55.8 Å². The molecule has 6 atom stereocenters. The summed E-state index contributed by atoms with van der Waals surface area (Å²) in [6.07, 6.45) is 6.25. The SMILES string of the molecule is COc1ccc(CCN2C(=O)[C@@H]3[C@@H]4C=C[C@H]([C@H]5C[C@@H]45)[C@@H]3C2=O)cc1OC. The molecule has 26 heavy (non-hydrogen) atoms. The molecule has 2 saturated carbocycles. The zero-order chi connectivity index (χ0) is 18.0. The van der Waals surface area contributed by atoms with E-state index in [-0.39, 0.29) is 35.5 Å². The number of hydrogen-bond acceptors (Lipinski definition) is 4. The summed E-state index contributed by atoms with van der Waals surface area (Å²) in [6.45, 7) is 0.439. The Morgan fingerprint density at radius 2 is 1.58 bits per heavy atom. The van der Waals surface area contributed by atoms with E-state index >= 15 is 0 Å². The summed E-state index contributed by atoms with van der Waals surface area (Å²) in [5, 5.41) is 0. The fourth-order valence-electron chi connectivity index (χ4n) is 5.52. The Morgan fingerprint density at radius 3 is 2.15 bits per heavy atom. The second-order valence-electron chi connectivity index (χ2n) is 7.92. The van der Waals surface area contributed by atoms with Crippen LogP contribution in [0.25, 0.3) is 0 Å². The molecule has 1 saturated heterocycles. The van der Waals surface area contributed by atoms with Crippen molar-refractivity contribution in [3.05, 3.63) is 35.9 Å². The number of ether oxygens (including phenoxy) is 2. The van der Waals surface area contributed by atoms with Crippen LogP contribution in [0.15, 0.2) is 30.4 Å². The van der Waals surface area contributed by atoms with Crippen molar-refractivity contribution in [1.82, 2.24) is 4.90 Å². The summed E-state index contributed by atoms with van der Waals surface area (Å²) in [7, 11) is 3.21. The molecular weight excluding hydrogens is 330 g/mol. The first-order valence-electron chi connectivity index (χ1n) is 9.38.